The molecule has 0 saturated heterocycles. The van der Waals surface area contributed by atoms with Crippen molar-refractivity contribution in [3.05, 3.63) is 65.2 Å². The SMILES string of the molecule is CC[C@@H](C)[C@H](C(=O)Nc1cccc(C)c1C)c1ccccc1. The minimum absolute atomic E-state index is 0.0780. The molecule has 0 bridgehead atoms. The summed E-state index contributed by atoms with van der Waals surface area (Å²) >= 11 is 0. The Bertz CT molecular complexity index is 633. The Labute approximate surface area is 133 Å². The van der Waals surface area contributed by atoms with Gasteiger partial charge >= 0.3 is 0 Å². The number of anilines is 1. The summed E-state index contributed by atoms with van der Waals surface area (Å²) in [6, 6.07) is 16.1. The van der Waals surface area contributed by atoms with Crippen molar-refractivity contribution >= 4 is 11.6 Å². The Balaban J connectivity index is 2.28. The monoisotopic (exact) mass is 295 g/mol. The van der Waals surface area contributed by atoms with Crippen molar-refractivity contribution in [3.8, 4) is 0 Å². The van der Waals surface area contributed by atoms with Crippen LogP contribution in [0.4, 0.5) is 5.69 Å². The number of carbonyl (C=O) groups is 1. The van der Waals surface area contributed by atoms with Crippen molar-refractivity contribution in [1.82, 2.24) is 0 Å². The molecule has 2 heteroatoms. The van der Waals surface area contributed by atoms with Gasteiger partial charge in [-0.05, 0) is 42.5 Å². The Morgan fingerprint density at radius 1 is 1.05 bits per heavy atom. The van der Waals surface area contributed by atoms with Gasteiger partial charge in [0.1, 0.15) is 0 Å². The fraction of sp³-hybridized carbons (Fsp3) is 0.350. The van der Waals surface area contributed by atoms with Gasteiger partial charge in [0.25, 0.3) is 0 Å². The van der Waals surface area contributed by atoms with Gasteiger partial charge < -0.3 is 5.32 Å². The number of carbonyl (C=O) groups excluding carboxylic acids is 1. The number of hydrogen-bond donors (Lipinski definition) is 1. The van der Waals surface area contributed by atoms with Gasteiger partial charge in [-0.15, -0.1) is 0 Å². The lowest BCUT2D eigenvalue weighted by atomic mass is 9.84. The molecular weight excluding hydrogens is 270 g/mol. The molecule has 116 valence electrons. The lowest BCUT2D eigenvalue weighted by Gasteiger charge is -2.23. The lowest BCUT2D eigenvalue weighted by Crippen LogP contribution is -2.26. The molecule has 2 nitrogen and oxygen atoms in total. The molecule has 1 amide bonds. The van der Waals surface area contributed by atoms with Crippen LogP contribution in [0.5, 0.6) is 0 Å². The largest absolute Gasteiger partial charge is 0.325 e. The number of rotatable bonds is 5. The number of nitrogens with one attached hydrogen (secondary N) is 1. The Hall–Kier alpha value is -2.09. The molecule has 0 unspecified atom stereocenters. The quantitative estimate of drug-likeness (QED) is 0.819. The minimum atomic E-state index is -0.119. The van der Waals surface area contributed by atoms with Gasteiger partial charge in [0.2, 0.25) is 5.91 Å². The second-order valence-electron chi connectivity index (χ2n) is 6.01. The zero-order valence-corrected chi connectivity index (χ0v) is 13.9. The van der Waals surface area contributed by atoms with Crippen LogP contribution in [0.1, 0.15) is 42.9 Å². The first-order valence-electron chi connectivity index (χ1n) is 7.96. The third-order valence-electron chi connectivity index (χ3n) is 4.52. The number of benzene rings is 2. The van der Waals surface area contributed by atoms with Crippen molar-refractivity contribution in [3.63, 3.8) is 0 Å². The maximum absolute atomic E-state index is 12.9. The molecule has 0 radical (unpaired) electrons. The van der Waals surface area contributed by atoms with Gasteiger partial charge in [0.05, 0.1) is 5.92 Å². The summed E-state index contributed by atoms with van der Waals surface area (Å²) in [6.07, 6.45) is 0.972. The van der Waals surface area contributed by atoms with Gasteiger partial charge in [0, 0.05) is 5.69 Å². The summed E-state index contributed by atoms with van der Waals surface area (Å²) in [7, 11) is 0. The Kier molecular flexibility index (Phi) is 5.37. The smallest absolute Gasteiger partial charge is 0.232 e. The topological polar surface area (TPSA) is 29.1 Å². The van der Waals surface area contributed by atoms with E-state index in [0.29, 0.717) is 5.92 Å². The molecule has 0 aliphatic carbocycles. The highest BCUT2D eigenvalue weighted by atomic mass is 16.1. The van der Waals surface area contributed by atoms with Gasteiger partial charge in [-0.25, -0.2) is 0 Å². The molecule has 2 aromatic carbocycles. The minimum Gasteiger partial charge on any atom is -0.325 e. The summed E-state index contributed by atoms with van der Waals surface area (Å²) < 4.78 is 0. The summed E-state index contributed by atoms with van der Waals surface area (Å²) in [5.41, 5.74) is 4.32. The zero-order chi connectivity index (χ0) is 16.1. The normalized spacial score (nSPS) is 13.5. The molecule has 0 fully saturated rings. The molecule has 1 N–H and O–H groups in total. The molecular formula is C20H25NO. The molecule has 2 atom stereocenters. The molecule has 22 heavy (non-hydrogen) atoms. The van der Waals surface area contributed by atoms with E-state index in [9.17, 15) is 4.79 Å². The van der Waals surface area contributed by atoms with E-state index < -0.39 is 0 Å². The van der Waals surface area contributed by atoms with Crippen molar-refractivity contribution in [2.24, 2.45) is 5.92 Å². The summed E-state index contributed by atoms with van der Waals surface area (Å²) in [6.45, 7) is 8.38. The van der Waals surface area contributed by atoms with E-state index in [4.69, 9.17) is 0 Å². The highest BCUT2D eigenvalue weighted by molar-refractivity contribution is 5.96. The van der Waals surface area contributed by atoms with Crippen LogP contribution >= 0.6 is 0 Å². The van der Waals surface area contributed by atoms with Crippen LogP contribution in [0.2, 0.25) is 0 Å². The highest BCUT2D eigenvalue weighted by Gasteiger charge is 2.26. The highest BCUT2D eigenvalue weighted by Crippen LogP contribution is 2.29. The van der Waals surface area contributed by atoms with Crippen LogP contribution in [-0.4, -0.2) is 5.91 Å². The number of hydrogen-bond acceptors (Lipinski definition) is 1. The van der Waals surface area contributed by atoms with E-state index in [-0.39, 0.29) is 11.8 Å². The van der Waals surface area contributed by atoms with Crippen LogP contribution in [0, 0.1) is 19.8 Å². The number of aryl methyl sites for hydroxylation is 1. The summed E-state index contributed by atoms with van der Waals surface area (Å²) in [4.78, 5) is 12.9. The van der Waals surface area contributed by atoms with E-state index in [1.165, 1.54) is 5.56 Å². The molecule has 0 heterocycles. The second kappa shape index (κ2) is 7.26. The van der Waals surface area contributed by atoms with E-state index >= 15 is 0 Å². The molecule has 0 aliphatic heterocycles. The zero-order valence-electron chi connectivity index (χ0n) is 13.9. The van der Waals surface area contributed by atoms with Crippen LogP contribution < -0.4 is 5.32 Å². The molecule has 2 rings (SSSR count). The maximum Gasteiger partial charge on any atom is 0.232 e. The van der Waals surface area contributed by atoms with E-state index in [1.807, 2.05) is 49.4 Å². The second-order valence-corrected chi connectivity index (χ2v) is 6.01. The number of amides is 1. The first-order chi connectivity index (χ1) is 10.5. The third kappa shape index (κ3) is 3.56. The average Bonchev–Trinajstić information content (AvgIpc) is 2.53. The molecule has 0 saturated carbocycles. The average molecular weight is 295 g/mol. The standard InChI is InChI=1S/C20H25NO/c1-5-14(2)19(17-11-7-6-8-12-17)20(22)21-18-13-9-10-15(3)16(18)4/h6-14,19H,5H2,1-4H3,(H,21,22)/t14-,19+/m1/s1. The van der Waals surface area contributed by atoms with Gasteiger partial charge in [-0.2, -0.15) is 0 Å². The van der Waals surface area contributed by atoms with Crippen LogP contribution in [0.15, 0.2) is 48.5 Å². The molecule has 0 aromatic heterocycles. The van der Waals surface area contributed by atoms with E-state index in [1.54, 1.807) is 0 Å². The summed E-state index contributed by atoms with van der Waals surface area (Å²) in [5, 5.41) is 3.13. The molecule has 2 aromatic rings. The molecule has 0 spiro atoms. The Morgan fingerprint density at radius 3 is 2.36 bits per heavy atom. The predicted octanol–water partition coefficient (Wildman–Crippen LogP) is 5.07. The van der Waals surface area contributed by atoms with Gasteiger partial charge in [-0.3, -0.25) is 4.79 Å². The fourth-order valence-corrected chi connectivity index (χ4v) is 2.73. The van der Waals surface area contributed by atoms with Crippen molar-refractivity contribution in [2.45, 2.75) is 40.0 Å². The van der Waals surface area contributed by atoms with Crippen molar-refractivity contribution < 1.29 is 4.79 Å². The maximum atomic E-state index is 12.9. The first-order valence-corrected chi connectivity index (χ1v) is 7.96. The predicted molar refractivity (Wildman–Crippen MR) is 93.2 cm³/mol. The lowest BCUT2D eigenvalue weighted by molar-refractivity contribution is -0.118. The van der Waals surface area contributed by atoms with Gasteiger partial charge in [-0.1, -0.05) is 62.7 Å². The van der Waals surface area contributed by atoms with Crippen molar-refractivity contribution in [2.75, 3.05) is 5.32 Å². The van der Waals surface area contributed by atoms with Crippen LogP contribution in [-0.2, 0) is 4.79 Å². The van der Waals surface area contributed by atoms with E-state index in [2.05, 4.69) is 32.2 Å². The first kappa shape index (κ1) is 16.3. The third-order valence-corrected chi connectivity index (χ3v) is 4.52. The Morgan fingerprint density at radius 2 is 1.73 bits per heavy atom. The molecule has 0 aliphatic rings. The van der Waals surface area contributed by atoms with Gasteiger partial charge in [0.15, 0.2) is 0 Å². The summed E-state index contributed by atoms with van der Waals surface area (Å²) in [5.74, 6) is 0.257. The van der Waals surface area contributed by atoms with E-state index in [0.717, 1.165) is 23.2 Å². The van der Waals surface area contributed by atoms with Crippen molar-refractivity contribution in [1.29, 1.82) is 0 Å². The fourth-order valence-electron chi connectivity index (χ4n) is 2.73. The van der Waals surface area contributed by atoms with Crippen LogP contribution in [0.25, 0.3) is 0 Å². The van der Waals surface area contributed by atoms with Crippen LogP contribution in [0.3, 0.4) is 0 Å².